The number of nitrogens with zero attached hydrogens (tertiary/aromatic N) is 1. The zero-order valence-electron chi connectivity index (χ0n) is 14.0. The minimum absolute atomic E-state index is 0.00406. The largest absolute Gasteiger partial charge is 0.359 e. The maximum Gasteiger partial charge on any atom is 0.245 e. The maximum absolute atomic E-state index is 12.1. The lowest BCUT2D eigenvalue weighted by atomic mass is 9.78. The molecule has 1 aliphatic heterocycles. The number of aliphatic imine (C=N–C) groups is 1. The molecule has 0 radical (unpaired) electrons. The van der Waals surface area contributed by atoms with E-state index in [1.54, 1.807) is 11.8 Å². The zero-order chi connectivity index (χ0) is 15.7. The van der Waals surface area contributed by atoms with Gasteiger partial charge in [0, 0.05) is 16.8 Å². The van der Waals surface area contributed by atoms with Crippen molar-refractivity contribution in [2.24, 2.45) is 10.9 Å². The number of amidine groups is 1. The molecule has 120 valence electrons. The molecule has 0 aromatic heterocycles. The Morgan fingerprint density at radius 2 is 2.05 bits per heavy atom. The second-order valence-electron chi connectivity index (χ2n) is 7.73. The SMILES string of the molecule is CC1CCC2(CC1)CSC(=NC(C)C(=O)NC(C)(C)C)N2. The number of thioether (sulfide) groups is 1. The molecule has 0 bridgehead atoms. The van der Waals surface area contributed by atoms with Crippen LogP contribution >= 0.6 is 11.8 Å². The predicted octanol–water partition coefficient (Wildman–Crippen LogP) is 2.93. The molecule has 0 aromatic rings. The van der Waals surface area contributed by atoms with Crippen LogP contribution in [0.1, 0.15) is 60.3 Å². The Morgan fingerprint density at radius 3 is 2.62 bits per heavy atom. The molecule has 1 amide bonds. The first-order chi connectivity index (χ1) is 9.69. The van der Waals surface area contributed by atoms with Crippen LogP contribution in [0.15, 0.2) is 4.99 Å². The van der Waals surface area contributed by atoms with E-state index in [1.165, 1.54) is 25.7 Å². The molecule has 0 aromatic carbocycles. The van der Waals surface area contributed by atoms with Crippen LogP contribution < -0.4 is 10.6 Å². The van der Waals surface area contributed by atoms with Crippen molar-refractivity contribution in [1.82, 2.24) is 10.6 Å². The van der Waals surface area contributed by atoms with Gasteiger partial charge in [-0.25, -0.2) is 4.99 Å². The summed E-state index contributed by atoms with van der Waals surface area (Å²) >= 11 is 1.77. The van der Waals surface area contributed by atoms with Crippen molar-refractivity contribution in [3.05, 3.63) is 0 Å². The van der Waals surface area contributed by atoms with E-state index >= 15 is 0 Å². The first-order valence-electron chi connectivity index (χ1n) is 8.00. The monoisotopic (exact) mass is 311 g/mol. The molecule has 2 N–H and O–H groups in total. The molecule has 1 heterocycles. The summed E-state index contributed by atoms with van der Waals surface area (Å²) in [6.45, 7) is 10.2. The number of rotatable bonds is 2. The summed E-state index contributed by atoms with van der Waals surface area (Å²) < 4.78 is 0. The Balaban J connectivity index is 1.92. The smallest absolute Gasteiger partial charge is 0.245 e. The van der Waals surface area contributed by atoms with Gasteiger partial charge in [-0.15, -0.1) is 0 Å². The quantitative estimate of drug-likeness (QED) is 0.824. The Labute approximate surface area is 132 Å². The van der Waals surface area contributed by atoms with Gasteiger partial charge in [0.2, 0.25) is 5.91 Å². The molecule has 4 nitrogen and oxygen atoms in total. The highest BCUT2D eigenvalue weighted by atomic mass is 32.2. The number of carbonyl (C=O) groups excluding carboxylic acids is 1. The second kappa shape index (κ2) is 6.19. The predicted molar refractivity (Wildman–Crippen MR) is 90.7 cm³/mol. The summed E-state index contributed by atoms with van der Waals surface area (Å²) in [7, 11) is 0. The first-order valence-corrected chi connectivity index (χ1v) is 8.98. The Hall–Kier alpha value is -0.710. The van der Waals surface area contributed by atoms with E-state index < -0.39 is 0 Å². The van der Waals surface area contributed by atoms with Crippen LogP contribution in [0.3, 0.4) is 0 Å². The normalized spacial score (nSPS) is 33.0. The molecule has 1 aliphatic carbocycles. The number of amides is 1. The third-order valence-electron chi connectivity index (χ3n) is 4.28. The van der Waals surface area contributed by atoms with Gasteiger partial charge in [0.05, 0.1) is 0 Å². The Bertz CT molecular complexity index is 420. The van der Waals surface area contributed by atoms with Gasteiger partial charge in [-0.05, 0) is 59.3 Å². The molecule has 1 atom stereocenters. The van der Waals surface area contributed by atoms with E-state index in [1.807, 2.05) is 27.7 Å². The van der Waals surface area contributed by atoms with Crippen molar-refractivity contribution in [2.75, 3.05) is 5.75 Å². The maximum atomic E-state index is 12.1. The fraction of sp³-hybridized carbons (Fsp3) is 0.875. The van der Waals surface area contributed by atoms with Crippen LogP contribution in [0, 0.1) is 5.92 Å². The summed E-state index contributed by atoms with van der Waals surface area (Å²) in [6.07, 6.45) is 5.04. The van der Waals surface area contributed by atoms with Crippen molar-refractivity contribution in [2.45, 2.75) is 77.4 Å². The molecule has 5 heteroatoms. The van der Waals surface area contributed by atoms with Gasteiger partial charge >= 0.3 is 0 Å². The first kappa shape index (κ1) is 16.7. The van der Waals surface area contributed by atoms with Gasteiger partial charge in [0.25, 0.3) is 0 Å². The molecule has 2 rings (SSSR count). The Morgan fingerprint density at radius 1 is 1.43 bits per heavy atom. The lowest BCUT2D eigenvalue weighted by Crippen LogP contribution is -2.47. The van der Waals surface area contributed by atoms with Crippen LogP contribution in [0.2, 0.25) is 0 Å². The highest BCUT2D eigenvalue weighted by molar-refractivity contribution is 8.14. The fourth-order valence-corrected chi connectivity index (χ4v) is 4.16. The number of hydrogen-bond donors (Lipinski definition) is 2. The zero-order valence-corrected chi connectivity index (χ0v) is 14.8. The van der Waals surface area contributed by atoms with E-state index in [0.717, 1.165) is 16.8 Å². The van der Waals surface area contributed by atoms with Crippen molar-refractivity contribution in [1.29, 1.82) is 0 Å². The minimum atomic E-state index is -0.336. The van der Waals surface area contributed by atoms with Crippen LogP contribution in [-0.4, -0.2) is 33.9 Å². The number of carbonyl (C=O) groups is 1. The van der Waals surface area contributed by atoms with Gasteiger partial charge in [-0.1, -0.05) is 18.7 Å². The molecule has 2 aliphatic rings. The molecule has 21 heavy (non-hydrogen) atoms. The van der Waals surface area contributed by atoms with E-state index in [4.69, 9.17) is 0 Å². The summed E-state index contributed by atoms with van der Waals surface area (Å²) in [5.41, 5.74) is 0.0265. The lowest BCUT2D eigenvalue weighted by molar-refractivity contribution is -0.123. The van der Waals surface area contributed by atoms with Crippen molar-refractivity contribution < 1.29 is 4.79 Å². The van der Waals surface area contributed by atoms with Gasteiger partial charge in [0.15, 0.2) is 5.17 Å². The van der Waals surface area contributed by atoms with Crippen LogP contribution in [-0.2, 0) is 4.79 Å². The summed E-state index contributed by atoms with van der Waals surface area (Å²) in [5.74, 6) is 1.93. The summed E-state index contributed by atoms with van der Waals surface area (Å²) in [6, 6.07) is -0.336. The molecule has 1 spiro atoms. The molecule has 1 saturated heterocycles. The number of hydrogen-bond acceptors (Lipinski definition) is 3. The molecule has 2 fully saturated rings. The summed E-state index contributed by atoms with van der Waals surface area (Å²) in [5, 5.41) is 7.54. The van der Waals surface area contributed by atoms with Gasteiger partial charge in [-0.3, -0.25) is 4.79 Å². The summed E-state index contributed by atoms with van der Waals surface area (Å²) in [4.78, 5) is 16.7. The van der Waals surface area contributed by atoms with Crippen LogP contribution in [0.4, 0.5) is 0 Å². The lowest BCUT2D eigenvalue weighted by Gasteiger charge is -2.35. The minimum Gasteiger partial charge on any atom is -0.359 e. The van der Waals surface area contributed by atoms with E-state index in [9.17, 15) is 4.79 Å². The van der Waals surface area contributed by atoms with Crippen molar-refractivity contribution in [3.8, 4) is 0 Å². The fourth-order valence-electron chi connectivity index (χ4n) is 2.87. The van der Waals surface area contributed by atoms with Gasteiger partial charge in [0.1, 0.15) is 6.04 Å². The van der Waals surface area contributed by atoms with E-state index in [0.29, 0.717) is 0 Å². The van der Waals surface area contributed by atoms with Gasteiger partial charge < -0.3 is 10.6 Å². The molecule has 1 saturated carbocycles. The average molecular weight is 311 g/mol. The molecular weight excluding hydrogens is 282 g/mol. The van der Waals surface area contributed by atoms with Crippen LogP contribution in [0.5, 0.6) is 0 Å². The van der Waals surface area contributed by atoms with Crippen LogP contribution in [0.25, 0.3) is 0 Å². The van der Waals surface area contributed by atoms with E-state index in [-0.39, 0.29) is 23.0 Å². The van der Waals surface area contributed by atoms with Crippen molar-refractivity contribution in [3.63, 3.8) is 0 Å². The second-order valence-corrected chi connectivity index (χ2v) is 8.69. The van der Waals surface area contributed by atoms with E-state index in [2.05, 4.69) is 22.5 Å². The average Bonchev–Trinajstić information content (AvgIpc) is 2.75. The van der Waals surface area contributed by atoms with Crippen molar-refractivity contribution >= 4 is 22.8 Å². The van der Waals surface area contributed by atoms with Gasteiger partial charge in [-0.2, -0.15) is 0 Å². The highest BCUT2D eigenvalue weighted by Gasteiger charge is 2.39. The topological polar surface area (TPSA) is 53.5 Å². The Kier molecular flexibility index (Phi) is 4.91. The number of nitrogens with one attached hydrogen (secondary N) is 2. The highest BCUT2D eigenvalue weighted by Crippen LogP contribution is 2.38. The molecule has 1 unspecified atom stereocenters. The third kappa shape index (κ3) is 4.63. The standard InChI is InChI=1S/C16H29N3OS/c1-11-6-8-16(9-7-11)10-21-14(19-16)17-12(2)13(20)18-15(3,4)5/h11-12H,6-10H2,1-5H3,(H,17,19)(H,18,20). The third-order valence-corrected chi connectivity index (χ3v) is 5.46. The molecular formula is C16H29N3OS.